The van der Waals surface area contributed by atoms with Gasteiger partial charge in [0, 0.05) is 21.8 Å². The molecule has 0 saturated carbocycles. The van der Waals surface area contributed by atoms with Crippen molar-refractivity contribution in [3.63, 3.8) is 0 Å². The van der Waals surface area contributed by atoms with Crippen LogP contribution in [-0.4, -0.2) is 9.55 Å². The first-order chi connectivity index (χ1) is 24.3. The molecule has 2 heterocycles. The lowest BCUT2D eigenvalue weighted by molar-refractivity contribution is 0.611. The van der Waals surface area contributed by atoms with Crippen molar-refractivity contribution in [2.75, 3.05) is 4.90 Å². The maximum atomic E-state index is 6.83. The number of fused-ring (bicyclic) bond motifs is 8. The van der Waals surface area contributed by atoms with Gasteiger partial charge in [-0.3, -0.25) is 4.90 Å². The molecule has 0 aliphatic heterocycles. The summed E-state index contributed by atoms with van der Waals surface area (Å²) in [6.45, 7) is 0. The van der Waals surface area contributed by atoms with Gasteiger partial charge in [-0.1, -0.05) is 115 Å². The molecule has 2 aromatic heterocycles. The Balaban J connectivity index is 1.22. The smallest absolute Gasteiger partial charge is 0.307 e. The predicted molar refractivity (Wildman–Crippen MR) is 203 cm³/mol. The molecule has 0 aliphatic rings. The van der Waals surface area contributed by atoms with Gasteiger partial charge in [0.15, 0.2) is 5.58 Å². The molecule has 230 valence electrons. The van der Waals surface area contributed by atoms with Gasteiger partial charge in [0.25, 0.3) is 0 Å². The summed E-state index contributed by atoms with van der Waals surface area (Å²) >= 11 is 0. The number of hydrogen-bond acceptors (Lipinski definition) is 3. The normalized spacial score (nSPS) is 11.7. The number of nitrogens with zero attached hydrogens (tertiary/aromatic N) is 3. The Morgan fingerprint density at radius 3 is 2.02 bits per heavy atom. The largest absolute Gasteiger partial charge is 0.422 e. The second-order valence-electron chi connectivity index (χ2n) is 12.4. The molecule has 10 aromatic rings. The van der Waals surface area contributed by atoms with Crippen molar-refractivity contribution in [3.8, 4) is 16.8 Å². The maximum Gasteiger partial charge on any atom is 0.307 e. The van der Waals surface area contributed by atoms with E-state index in [1.807, 2.05) is 6.07 Å². The van der Waals surface area contributed by atoms with Gasteiger partial charge in [0.2, 0.25) is 0 Å². The number of hydrogen-bond donors (Lipinski definition) is 0. The van der Waals surface area contributed by atoms with Crippen LogP contribution in [0, 0.1) is 0 Å². The van der Waals surface area contributed by atoms with Crippen molar-refractivity contribution in [2.24, 2.45) is 0 Å². The Morgan fingerprint density at radius 1 is 0.449 bits per heavy atom. The van der Waals surface area contributed by atoms with Crippen LogP contribution in [0.5, 0.6) is 0 Å². The molecule has 0 unspecified atom stereocenters. The highest BCUT2D eigenvalue weighted by Crippen LogP contribution is 2.42. The van der Waals surface area contributed by atoms with Crippen LogP contribution in [0.1, 0.15) is 0 Å². The monoisotopic (exact) mass is 627 g/mol. The molecular formula is C45H29N3O. The van der Waals surface area contributed by atoms with Crippen molar-refractivity contribution in [1.82, 2.24) is 9.55 Å². The third-order valence-corrected chi connectivity index (χ3v) is 9.60. The van der Waals surface area contributed by atoms with Gasteiger partial charge >= 0.3 is 6.01 Å². The first kappa shape index (κ1) is 27.5. The molecule has 8 aromatic carbocycles. The molecular weight excluding hydrogens is 599 g/mol. The highest BCUT2D eigenvalue weighted by atomic mass is 16.4. The maximum absolute atomic E-state index is 6.83. The van der Waals surface area contributed by atoms with E-state index < -0.39 is 0 Å². The van der Waals surface area contributed by atoms with Crippen molar-refractivity contribution in [2.45, 2.75) is 0 Å². The van der Waals surface area contributed by atoms with Crippen LogP contribution in [-0.2, 0) is 0 Å². The van der Waals surface area contributed by atoms with Crippen LogP contribution in [0.15, 0.2) is 180 Å². The predicted octanol–water partition coefficient (Wildman–Crippen LogP) is 12.4. The van der Waals surface area contributed by atoms with E-state index in [1.165, 1.54) is 21.7 Å². The zero-order valence-corrected chi connectivity index (χ0v) is 26.5. The van der Waals surface area contributed by atoms with Gasteiger partial charge < -0.3 is 8.98 Å². The molecule has 0 saturated heterocycles. The Morgan fingerprint density at radius 2 is 1.14 bits per heavy atom. The van der Waals surface area contributed by atoms with Crippen molar-refractivity contribution >= 4 is 71.8 Å². The molecule has 4 heteroatoms. The Kier molecular flexibility index (Phi) is 6.15. The number of benzene rings is 8. The molecule has 0 bridgehead atoms. The van der Waals surface area contributed by atoms with Gasteiger partial charge in [-0.15, -0.1) is 0 Å². The topological polar surface area (TPSA) is 34.2 Å². The SMILES string of the molecule is c1ccc(-c2cccc(N(c3ccc4c(c3)c3ccccc3n4-c3ccccc3)c3nc4ccc5c6ccccc6ccc5c4o3)c2)cc1. The van der Waals surface area contributed by atoms with Gasteiger partial charge in [-0.2, -0.15) is 4.98 Å². The highest BCUT2D eigenvalue weighted by Gasteiger charge is 2.22. The Hall–Kier alpha value is -6.65. The van der Waals surface area contributed by atoms with E-state index in [0.29, 0.717) is 6.01 Å². The Labute approximate surface area is 282 Å². The van der Waals surface area contributed by atoms with E-state index in [0.717, 1.165) is 61.0 Å². The number of rotatable bonds is 5. The van der Waals surface area contributed by atoms with Crippen LogP contribution >= 0.6 is 0 Å². The minimum absolute atomic E-state index is 0.520. The van der Waals surface area contributed by atoms with Crippen LogP contribution < -0.4 is 4.90 Å². The molecule has 49 heavy (non-hydrogen) atoms. The van der Waals surface area contributed by atoms with Crippen molar-refractivity contribution in [1.29, 1.82) is 0 Å². The molecule has 0 fully saturated rings. The van der Waals surface area contributed by atoms with E-state index in [-0.39, 0.29) is 0 Å². The van der Waals surface area contributed by atoms with E-state index >= 15 is 0 Å². The molecule has 4 nitrogen and oxygen atoms in total. The third kappa shape index (κ3) is 4.42. The van der Waals surface area contributed by atoms with Gasteiger partial charge in [-0.05, 0) is 87.9 Å². The standard InChI is InChI=1S/C45H29N3O/c1-3-12-30(13-4-1)32-15-11-18-34(28-32)47(45-46-41-26-25-37-36-19-8-7-14-31(36)22-24-39(37)44(41)49-45)35-23-27-43-40(29-35)38-20-9-10-21-42(38)48(43)33-16-5-2-6-17-33/h1-29H. The average molecular weight is 628 g/mol. The first-order valence-corrected chi connectivity index (χ1v) is 16.6. The first-order valence-electron chi connectivity index (χ1n) is 16.6. The van der Waals surface area contributed by atoms with Crippen LogP contribution in [0.4, 0.5) is 17.4 Å². The summed E-state index contributed by atoms with van der Waals surface area (Å²) in [5.74, 6) is 0. The van der Waals surface area contributed by atoms with Gasteiger partial charge in [0.1, 0.15) is 5.52 Å². The average Bonchev–Trinajstić information content (AvgIpc) is 3.75. The van der Waals surface area contributed by atoms with Gasteiger partial charge in [-0.25, -0.2) is 0 Å². The second-order valence-corrected chi connectivity index (χ2v) is 12.4. The molecule has 0 spiro atoms. The number of para-hydroxylation sites is 2. The van der Waals surface area contributed by atoms with E-state index in [2.05, 4.69) is 179 Å². The van der Waals surface area contributed by atoms with E-state index in [4.69, 9.17) is 9.40 Å². The fourth-order valence-electron chi connectivity index (χ4n) is 7.34. The Bertz CT molecular complexity index is 2830. The summed E-state index contributed by atoms with van der Waals surface area (Å²) in [7, 11) is 0. The summed E-state index contributed by atoms with van der Waals surface area (Å²) < 4.78 is 9.17. The highest BCUT2D eigenvalue weighted by molar-refractivity contribution is 6.15. The summed E-state index contributed by atoms with van der Waals surface area (Å²) in [5.41, 5.74) is 9.26. The summed E-state index contributed by atoms with van der Waals surface area (Å²) in [4.78, 5) is 7.29. The fourth-order valence-corrected chi connectivity index (χ4v) is 7.34. The van der Waals surface area contributed by atoms with Crippen LogP contribution in [0.25, 0.3) is 71.3 Å². The zero-order valence-electron chi connectivity index (χ0n) is 26.5. The minimum atomic E-state index is 0.520. The van der Waals surface area contributed by atoms with Crippen LogP contribution in [0.3, 0.4) is 0 Å². The molecule has 0 amide bonds. The molecule has 0 atom stereocenters. The lowest BCUT2D eigenvalue weighted by Gasteiger charge is -2.22. The minimum Gasteiger partial charge on any atom is -0.422 e. The van der Waals surface area contributed by atoms with E-state index in [9.17, 15) is 0 Å². The van der Waals surface area contributed by atoms with Crippen LogP contribution in [0.2, 0.25) is 0 Å². The summed E-state index contributed by atoms with van der Waals surface area (Å²) in [6.07, 6.45) is 0. The van der Waals surface area contributed by atoms with E-state index in [1.54, 1.807) is 0 Å². The zero-order chi connectivity index (χ0) is 32.3. The molecule has 0 aliphatic carbocycles. The molecule has 10 rings (SSSR count). The van der Waals surface area contributed by atoms with Crippen molar-refractivity contribution < 1.29 is 4.42 Å². The summed E-state index contributed by atoms with van der Waals surface area (Å²) in [6, 6.07) is 62.5. The number of oxazole rings is 1. The number of aromatic nitrogens is 2. The lowest BCUT2D eigenvalue weighted by Crippen LogP contribution is -2.10. The van der Waals surface area contributed by atoms with Crippen molar-refractivity contribution in [3.05, 3.63) is 176 Å². The molecule has 0 N–H and O–H groups in total. The quantitative estimate of drug-likeness (QED) is 0.178. The number of anilines is 3. The lowest BCUT2D eigenvalue weighted by atomic mass is 10.0. The summed E-state index contributed by atoms with van der Waals surface area (Å²) in [5, 5.41) is 6.96. The molecule has 0 radical (unpaired) electrons. The third-order valence-electron chi connectivity index (χ3n) is 9.60. The fraction of sp³-hybridized carbons (Fsp3) is 0. The second kappa shape index (κ2) is 11.0. The van der Waals surface area contributed by atoms with Gasteiger partial charge in [0.05, 0.1) is 22.4 Å².